The Kier molecular flexibility index (Phi) is 3.12. The van der Waals surface area contributed by atoms with Gasteiger partial charge in [-0.25, -0.2) is 4.39 Å². The topological polar surface area (TPSA) is 26.0 Å². The molecule has 80 valence electrons. The lowest BCUT2D eigenvalue weighted by Crippen LogP contribution is -2.31. The SMILES string of the molecule is NCC1(Sc2ccccc2F)CC=CC1. The molecule has 0 amide bonds. The molecule has 1 aliphatic carbocycles. The van der Waals surface area contributed by atoms with E-state index >= 15 is 0 Å². The van der Waals surface area contributed by atoms with Crippen molar-refractivity contribution in [2.24, 2.45) is 5.73 Å². The first-order valence-electron chi connectivity index (χ1n) is 5.04. The van der Waals surface area contributed by atoms with Crippen LogP contribution in [-0.2, 0) is 0 Å². The van der Waals surface area contributed by atoms with Crippen LogP contribution in [0.3, 0.4) is 0 Å². The third-order valence-electron chi connectivity index (χ3n) is 2.68. The van der Waals surface area contributed by atoms with Crippen molar-refractivity contribution in [1.82, 2.24) is 0 Å². The van der Waals surface area contributed by atoms with Crippen LogP contribution < -0.4 is 5.73 Å². The minimum Gasteiger partial charge on any atom is -0.329 e. The lowest BCUT2D eigenvalue weighted by Gasteiger charge is -2.26. The summed E-state index contributed by atoms with van der Waals surface area (Å²) < 4.78 is 13.4. The molecule has 0 radical (unpaired) electrons. The Morgan fingerprint density at radius 3 is 2.53 bits per heavy atom. The predicted octanol–water partition coefficient (Wildman–Crippen LogP) is 2.97. The number of halogens is 1. The van der Waals surface area contributed by atoms with E-state index in [-0.39, 0.29) is 10.6 Å². The summed E-state index contributed by atoms with van der Waals surface area (Å²) in [5.41, 5.74) is 5.78. The second-order valence-electron chi connectivity index (χ2n) is 3.80. The van der Waals surface area contributed by atoms with Gasteiger partial charge in [0.1, 0.15) is 5.82 Å². The fraction of sp³-hybridized carbons (Fsp3) is 0.333. The van der Waals surface area contributed by atoms with Gasteiger partial charge in [-0.05, 0) is 25.0 Å². The molecule has 0 spiro atoms. The van der Waals surface area contributed by atoms with Gasteiger partial charge in [0.15, 0.2) is 0 Å². The summed E-state index contributed by atoms with van der Waals surface area (Å²) >= 11 is 1.56. The van der Waals surface area contributed by atoms with Gasteiger partial charge < -0.3 is 5.73 Å². The monoisotopic (exact) mass is 223 g/mol. The Labute approximate surface area is 93.6 Å². The number of nitrogens with two attached hydrogens (primary N) is 1. The van der Waals surface area contributed by atoms with Crippen LogP contribution in [0.4, 0.5) is 4.39 Å². The molecular weight excluding hydrogens is 209 g/mol. The summed E-state index contributed by atoms with van der Waals surface area (Å²) in [4.78, 5) is 0.701. The standard InChI is InChI=1S/C12H14FNS/c13-10-5-1-2-6-11(10)15-12(9-14)7-3-4-8-12/h1-6H,7-9,14H2. The van der Waals surface area contributed by atoms with Crippen molar-refractivity contribution in [2.75, 3.05) is 6.54 Å². The first kappa shape index (κ1) is 10.7. The molecule has 0 saturated heterocycles. The average molecular weight is 223 g/mol. The first-order valence-corrected chi connectivity index (χ1v) is 5.86. The summed E-state index contributed by atoms with van der Waals surface area (Å²) in [6.45, 7) is 0.582. The lowest BCUT2D eigenvalue weighted by molar-refractivity contribution is 0.594. The fourth-order valence-corrected chi connectivity index (χ4v) is 2.95. The summed E-state index contributed by atoms with van der Waals surface area (Å²) in [6.07, 6.45) is 6.12. The Bertz CT molecular complexity index is 368. The molecule has 0 saturated carbocycles. The van der Waals surface area contributed by atoms with Crippen LogP contribution >= 0.6 is 11.8 Å². The zero-order chi connectivity index (χ0) is 10.7. The van der Waals surface area contributed by atoms with Crippen LogP contribution in [0.1, 0.15) is 12.8 Å². The number of hydrogen-bond donors (Lipinski definition) is 1. The van der Waals surface area contributed by atoms with Crippen LogP contribution in [-0.4, -0.2) is 11.3 Å². The van der Waals surface area contributed by atoms with E-state index in [4.69, 9.17) is 5.73 Å². The minimum absolute atomic E-state index is 0.0256. The van der Waals surface area contributed by atoms with Gasteiger partial charge in [-0.1, -0.05) is 24.3 Å². The average Bonchev–Trinajstić information content (AvgIpc) is 2.71. The van der Waals surface area contributed by atoms with Gasteiger partial charge in [-0.2, -0.15) is 0 Å². The predicted molar refractivity (Wildman–Crippen MR) is 62.4 cm³/mol. The van der Waals surface area contributed by atoms with Crippen molar-refractivity contribution in [3.63, 3.8) is 0 Å². The number of allylic oxidation sites excluding steroid dienone is 2. The van der Waals surface area contributed by atoms with E-state index in [1.807, 2.05) is 12.1 Å². The van der Waals surface area contributed by atoms with Crippen LogP contribution in [0, 0.1) is 5.82 Å². The molecule has 0 atom stereocenters. The van der Waals surface area contributed by atoms with Gasteiger partial charge >= 0.3 is 0 Å². The summed E-state index contributed by atoms with van der Waals surface area (Å²) in [7, 11) is 0. The molecule has 1 nitrogen and oxygen atoms in total. The number of hydrogen-bond acceptors (Lipinski definition) is 2. The first-order chi connectivity index (χ1) is 7.26. The third-order valence-corrected chi connectivity index (χ3v) is 4.17. The Morgan fingerprint density at radius 1 is 1.27 bits per heavy atom. The van der Waals surface area contributed by atoms with Gasteiger partial charge in [-0.3, -0.25) is 0 Å². The smallest absolute Gasteiger partial charge is 0.136 e. The van der Waals surface area contributed by atoms with Crippen molar-refractivity contribution in [1.29, 1.82) is 0 Å². The maximum atomic E-state index is 13.5. The largest absolute Gasteiger partial charge is 0.329 e. The minimum atomic E-state index is -0.151. The van der Waals surface area contributed by atoms with E-state index in [1.165, 1.54) is 6.07 Å². The highest BCUT2D eigenvalue weighted by Crippen LogP contribution is 2.42. The molecule has 0 aliphatic heterocycles. The van der Waals surface area contributed by atoms with Gasteiger partial charge in [-0.15, -0.1) is 11.8 Å². The van der Waals surface area contributed by atoms with E-state index in [9.17, 15) is 4.39 Å². The number of benzene rings is 1. The molecule has 0 bridgehead atoms. The molecule has 1 aromatic carbocycles. The normalized spacial score (nSPS) is 18.3. The highest BCUT2D eigenvalue weighted by atomic mass is 32.2. The van der Waals surface area contributed by atoms with E-state index in [0.29, 0.717) is 11.4 Å². The molecule has 0 heterocycles. The van der Waals surface area contributed by atoms with Gasteiger partial charge in [0.25, 0.3) is 0 Å². The second kappa shape index (κ2) is 4.37. The maximum absolute atomic E-state index is 13.5. The number of thioether (sulfide) groups is 1. The van der Waals surface area contributed by atoms with E-state index in [1.54, 1.807) is 17.8 Å². The molecular formula is C12H14FNS. The fourth-order valence-electron chi connectivity index (χ4n) is 1.73. The maximum Gasteiger partial charge on any atom is 0.136 e. The zero-order valence-corrected chi connectivity index (χ0v) is 9.27. The van der Waals surface area contributed by atoms with Crippen LogP contribution in [0.5, 0.6) is 0 Å². The molecule has 3 heteroatoms. The third kappa shape index (κ3) is 2.24. The second-order valence-corrected chi connectivity index (χ2v) is 5.31. The van der Waals surface area contributed by atoms with Crippen LogP contribution in [0.25, 0.3) is 0 Å². The van der Waals surface area contributed by atoms with Crippen molar-refractivity contribution in [3.05, 3.63) is 42.2 Å². The highest BCUT2D eigenvalue weighted by molar-refractivity contribution is 8.00. The van der Waals surface area contributed by atoms with Crippen molar-refractivity contribution >= 4 is 11.8 Å². The van der Waals surface area contributed by atoms with Crippen LogP contribution in [0.2, 0.25) is 0 Å². The highest BCUT2D eigenvalue weighted by Gasteiger charge is 2.31. The number of rotatable bonds is 3. The molecule has 1 aromatic rings. The van der Waals surface area contributed by atoms with Gasteiger partial charge in [0.2, 0.25) is 0 Å². The Morgan fingerprint density at radius 2 is 1.93 bits per heavy atom. The van der Waals surface area contributed by atoms with Crippen LogP contribution in [0.15, 0.2) is 41.3 Å². The Balaban J connectivity index is 2.17. The molecule has 1 aliphatic rings. The summed E-state index contributed by atoms with van der Waals surface area (Å²) in [6, 6.07) is 6.88. The summed E-state index contributed by atoms with van der Waals surface area (Å²) in [5.74, 6) is -0.151. The van der Waals surface area contributed by atoms with Crippen molar-refractivity contribution in [3.8, 4) is 0 Å². The van der Waals surface area contributed by atoms with E-state index in [0.717, 1.165) is 12.8 Å². The molecule has 2 rings (SSSR count). The molecule has 0 fully saturated rings. The van der Waals surface area contributed by atoms with E-state index in [2.05, 4.69) is 12.2 Å². The Hall–Kier alpha value is -0.800. The molecule has 15 heavy (non-hydrogen) atoms. The lowest BCUT2D eigenvalue weighted by atomic mass is 10.1. The van der Waals surface area contributed by atoms with Crippen molar-refractivity contribution < 1.29 is 4.39 Å². The van der Waals surface area contributed by atoms with Gasteiger partial charge in [0, 0.05) is 16.2 Å². The van der Waals surface area contributed by atoms with E-state index < -0.39 is 0 Å². The summed E-state index contributed by atoms with van der Waals surface area (Å²) in [5, 5.41) is 0. The molecule has 0 aromatic heterocycles. The molecule has 0 unspecified atom stereocenters. The zero-order valence-electron chi connectivity index (χ0n) is 8.45. The molecule has 2 N–H and O–H groups in total. The quantitative estimate of drug-likeness (QED) is 0.797. The van der Waals surface area contributed by atoms with Gasteiger partial charge in [0.05, 0.1) is 0 Å². The van der Waals surface area contributed by atoms with Crippen molar-refractivity contribution in [2.45, 2.75) is 22.5 Å².